The van der Waals surface area contributed by atoms with Gasteiger partial charge in [-0.05, 0) is 43.7 Å². The van der Waals surface area contributed by atoms with E-state index in [-0.39, 0.29) is 18.9 Å². The van der Waals surface area contributed by atoms with Gasteiger partial charge in [-0.3, -0.25) is 9.10 Å². The van der Waals surface area contributed by atoms with E-state index < -0.39 is 10.0 Å². The molecule has 0 aromatic heterocycles. The third kappa shape index (κ3) is 6.20. The maximum Gasteiger partial charge on any atom is 0.232 e. The standard InChI is InChI=1S/C18H20Cl2N2O3S/c1-13-5-7-17(8-6-13)22(26(2,24)25)9-3-4-18(23)21-16-11-14(19)10-15(20)12-16/h5-8,10-12H,3-4,9H2,1-2H3,(H,21,23). The zero-order valence-electron chi connectivity index (χ0n) is 14.5. The summed E-state index contributed by atoms with van der Waals surface area (Å²) in [7, 11) is -3.43. The molecule has 2 aromatic rings. The number of benzene rings is 2. The number of sulfonamides is 1. The van der Waals surface area contributed by atoms with E-state index in [0.29, 0.717) is 27.8 Å². The second kappa shape index (κ2) is 8.75. The predicted molar refractivity (Wildman–Crippen MR) is 108 cm³/mol. The number of hydrogen-bond donors (Lipinski definition) is 1. The highest BCUT2D eigenvalue weighted by atomic mass is 35.5. The molecule has 0 saturated heterocycles. The van der Waals surface area contributed by atoms with E-state index >= 15 is 0 Å². The molecule has 0 heterocycles. The predicted octanol–water partition coefficient (Wildman–Crippen LogP) is 4.49. The van der Waals surface area contributed by atoms with E-state index in [2.05, 4.69) is 5.32 Å². The summed E-state index contributed by atoms with van der Waals surface area (Å²) in [5.74, 6) is -0.235. The maximum atomic E-state index is 12.1. The highest BCUT2D eigenvalue weighted by molar-refractivity contribution is 7.92. The smallest absolute Gasteiger partial charge is 0.232 e. The van der Waals surface area contributed by atoms with Gasteiger partial charge in [0.15, 0.2) is 0 Å². The summed E-state index contributed by atoms with van der Waals surface area (Å²) in [4.78, 5) is 12.1. The van der Waals surface area contributed by atoms with Gasteiger partial charge in [-0.2, -0.15) is 0 Å². The van der Waals surface area contributed by atoms with Gasteiger partial charge in [0.25, 0.3) is 0 Å². The van der Waals surface area contributed by atoms with E-state index in [0.717, 1.165) is 11.8 Å². The first kappa shape index (κ1) is 20.6. The SMILES string of the molecule is Cc1ccc(N(CCCC(=O)Nc2cc(Cl)cc(Cl)c2)S(C)(=O)=O)cc1. The normalized spacial score (nSPS) is 11.2. The zero-order valence-corrected chi connectivity index (χ0v) is 16.8. The minimum atomic E-state index is -3.43. The summed E-state index contributed by atoms with van der Waals surface area (Å²) in [5.41, 5.74) is 2.13. The van der Waals surface area contributed by atoms with E-state index in [9.17, 15) is 13.2 Å². The Morgan fingerprint density at radius 1 is 1.08 bits per heavy atom. The highest BCUT2D eigenvalue weighted by Crippen LogP contribution is 2.23. The highest BCUT2D eigenvalue weighted by Gasteiger charge is 2.17. The zero-order chi connectivity index (χ0) is 19.3. The topological polar surface area (TPSA) is 66.5 Å². The Morgan fingerprint density at radius 3 is 2.19 bits per heavy atom. The number of carbonyl (C=O) groups excluding carboxylic acids is 1. The van der Waals surface area contributed by atoms with Gasteiger partial charge in [0, 0.05) is 28.7 Å². The Morgan fingerprint density at radius 2 is 1.65 bits per heavy atom. The van der Waals surface area contributed by atoms with Crippen molar-refractivity contribution < 1.29 is 13.2 Å². The van der Waals surface area contributed by atoms with Crippen molar-refractivity contribution in [1.29, 1.82) is 0 Å². The lowest BCUT2D eigenvalue weighted by molar-refractivity contribution is -0.116. The van der Waals surface area contributed by atoms with E-state index in [4.69, 9.17) is 23.2 Å². The van der Waals surface area contributed by atoms with Crippen molar-refractivity contribution in [1.82, 2.24) is 0 Å². The number of nitrogens with zero attached hydrogens (tertiary/aromatic N) is 1. The molecule has 0 fully saturated rings. The molecule has 0 saturated carbocycles. The van der Waals surface area contributed by atoms with Crippen molar-refractivity contribution >= 4 is 50.5 Å². The van der Waals surface area contributed by atoms with Crippen LogP contribution in [0.4, 0.5) is 11.4 Å². The summed E-state index contributed by atoms with van der Waals surface area (Å²) >= 11 is 11.8. The monoisotopic (exact) mass is 414 g/mol. The van der Waals surface area contributed by atoms with Crippen molar-refractivity contribution in [3.63, 3.8) is 0 Å². The summed E-state index contributed by atoms with van der Waals surface area (Å²) < 4.78 is 25.4. The average Bonchev–Trinajstić information content (AvgIpc) is 2.50. The lowest BCUT2D eigenvalue weighted by Crippen LogP contribution is -2.31. The molecule has 1 N–H and O–H groups in total. The molecule has 0 aliphatic heterocycles. The number of rotatable bonds is 7. The molecule has 0 spiro atoms. The molecule has 0 bridgehead atoms. The van der Waals surface area contributed by atoms with Crippen LogP contribution in [0, 0.1) is 6.92 Å². The summed E-state index contributed by atoms with van der Waals surface area (Å²) in [6, 6.07) is 12.0. The van der Waals surface area contributed by atoms with Crippen LogP contribution in [0.5, 0.6) is 0 Å². The van der Waals surface area contributed by atoms with Crippen LogP contribution in [0.1, 0.15) is 18.4 Å². The molecule has 0 radical (unpaired) electrons. The molecule has 0 atom stereocenters. The van der Waals surface area contributed by atoms with Crippen molar-refractivity contribution in [3.8, 4) is 0 Å². The minimum Gasteiger partial charge on any atom is -0.326 e. The third-order valence-corrected chi connectivity index (χ3v) is 5.26. The maximum absolute atomic E-state index is 12.1. The van der Waals surface area contributed by atoms with Crippen molar-refractivity contribution in [2.24, 2.45) is 0 Å². The second-order valence-corrected chi connectivity index (χ2v) is 8.76. The fourth-order valence-electron chi connectivity index (χ4n) is 2.43. The molecule has 5 nitrogen and oxygen atoms in total. The molecule has 2 aromatic carbocycles. The van der Waals surface area contributed by atoms with Crippen LogP contribution < -0.4 is 9.62 Å². The molecular formula is C18H20Cl2N2O3S. The number of carbonyl (C=O) groups is 1. The number of halogens is 2. The van der Waals surface area contributed by atoms with Crippen LogP contribution in [-0.2, 0) is 14.8 Å². The molecule has 0 aliphatic carbocycles. The fourth-order valence-corrected chi connectivity index (χ4v) is 3.92. The van der Waals surface area contributed by atoms with Gasteiger partial charge in [-0.25, -0.2) is 8.42 Å². The molecule has 2 rings (SSSR count). The first-order valence-corrected chi connectivity index (χ1v) is 10.6. The molecule has 0 unspecified atom stereocenters. The average molecular weight is 415 g/mol. The molecule has 8 heteroatoms. The van der Waals surface area contributed by atoms with Crippen LogP contribution >= 0.6 is 23.2 Å². The fraction of sp³-hybridized carbons (Fsp3) is 0.278. The van der Waals surface area contributed by atoms with E-state index in [1.807, 2.05) is 19.1 Å². The first-order chi connectivity index (χ1) is 12.1. The number of nitrogens with one attached hydrogen (secondary N) is 1. The Hall–Kier alpha value is -1.76. The van der Waals surface area contributed by atoms with Gasteiger partial charge in [-0.15, -0.1) is 0 Å². The van der Waals surface area contributed by atoms with Crippen LogP contribution in [0.15, 0.2) is 42.5 Å². The van der Waals surface area contributed by atoms with Crippen LogP contribution in [0.3, 0.4) is 0 Å². The largest absolute Gasteiger partial charge is 0.326 e. The summed E-state index contributed by atoms with van der Waals surface area (Å²) in [6.45, 7) is 2.15. The lowest BCUT2D eigenvalue weighted by atomic mass is 10.2. The molecule has 1 amide bonds. The second-order valence-electron chi connectivity index (χ2n) is 5.98. The van der Waals surface area contributed by atoms with Gasteiger partial charge in [-0.1, -0.05) is 40.9 Å². The summed E-state index contributed by atoms with van der Waals surface area (Å²) in [5, 5.41) is 3.56. The van der Waals surface area contributed by atoms with Gasteiger partial charge >= 0.3 is 0 Å². The van der Waals surface area contributed by atoms with Crippen LogP contribution in [0.25, 0.3) is 0 Å². The molecular weight excluding hydrogens is 395 g/mol. The van der Waals surface area contributed by atoms with Crippen molar-refractivity contribution in [2.75, 3.05) is 22.4 Å². The van der Waals surface area contributed by atoms with Gasteiger partial charge in [0.1, 0.15) is 0 Å². The van der Waals surface area contributed by atoms with E-state index in [1.165, 1.54) is 4.31 Å². The Labute approximate surface area is 164 Å². The van der Waals surface area contributed by atoms with Crippen LogP contribution in [-0.4, -0.2) is 27.1 Å². The Balaban J connectivity index is 1.96. The van der Waals surface area contributed by atoms with Gasteiger partial charge in [0.2, 0.25) is 15.9 Å². The minimum absolute atomic E-state index is 0.169. The third-order valence-electron chi connectivity index (χ3n) is 3.63. The van der Waals surface area contributed by atoms with Crippen molar-refractivity contribution in [2.45, 2.75) is 19.8 Å². The van der Waals surface area contributed by atoms with Gasteiger partial charge in [0.05, 0.1) is 11.9 Å². The van der Waals surface area contributed by atoms with Gasteiger partial charge < -0.3 is 5.32 Å². The number of amides is 1. The summed E-state index contributed by atoms with van der Waals surface area (Å²) in [6.07, 6.45) is 1.70. The first-order valence-electron chi connectivity index (χ1n) is 7.95. The molecule has 26 heavy (non-hydrogen) atoms. The quantitative estimate of drug-likeness (QED) is 0.725. The van der Waals surface area contributed by atoms with E-state index in [1.54, 1.807) is 30.3 Å². The Bertz CT molecular complexity index is 864. The lowest BCUT2D eigenvalue weighted by Gasteiger charge is -2.22. The molecule has 140 valence electrons. The van der Waals surface area contributed by atoms with Crippen molar-refractivity contribution in [3.05, 3.63) is 58.1 Å². The number of aryl methyl sites for hydroxylation is 1. The number of anilines is 2. The molecule has 0 aliphatic rings. The Kier molecular flexibility index (Phi) is 6.92. The van der Waals surface area contributed by atoms with Crippen LogP contribution in [0.2, 0.25) is 10.0 Å². The number of hydrogen-bond acceptors (Lipinski definition) is 3.